The molecular weight excluding hydrogens is 216 g/mol. The monoisotopic (exact) mass is 242 g/mol. The third-order valence-corrected chi connectivity index (χ3v) is 4.44. The van der Waals surface area contributed by atoms with Gasteiger partial charge in [0.1, 0.15) is 0 Å². The fraction of sp³-hybridized carbons (Fsp3) is 1.00. The van der Waals surface area contributed by atoms with E-state index in [1.807, 2.05) is 0 Å². The second-order valence-corrected chi connectivity index (χ2v) is 5.91. The maximum absolute atomic E-state index is 9.29. The van der Waals surface area contributed by atoms with E-state index in [1.165, 1.54) is 12.8 Å². The van der Waals surface area contributed by atoms with Crippen molar-refractivity contribution in [1.82, 2.24) is 4.90 Å². The van der Waals surface area contributed by atoms with Gasteiger partial charge < -0.3 is 20.5 Å². The Bertz CT molecular complexity index is 244. The summed E-state index contributed by atoms with van der Waals surface area (Å²) < 4.78 is 5.39. The van der Waals surface area contributed by atoms with Crippen LogP contribution in [-0.2, 0) is 4.74 Å². The van der Waals surface area contributed by atoms with Crippen LogP contribution in [0.25, 0.3) is 0 Å². The van der Waals surface area contributed by atoms with E-state index >= 15 is 0 Å². The van der Waals surface area contributed by atoms with Crippen molar-refractivity contribution in [3.8, 4) is 0 Å². The average Bonchev–Trinajstić information content (AvgIpc) is 2.74. The predicted molar refractivity (Wildman–Crippen MR) is 67.8 cm³/mol. The molecule has 0 amide bonds. The van der Waals surface area contributed by atoms with Crippen LogP contribution in [-0.4, -0.2) is 55.0 Å². The molecule has 0 spiro atoms. The maximum Gasteiger partial charge on any atom is 0.0611 e. The fourth-order valence-corrected chi connectivity index (χ4v) is 3.13. The van der Waals surface area contributed by atoms with Gasteiger partial charge in [0, 0.05) is 31.3 Å². The molecule has 0 aromatic heterocycles. The number of ether oxygens (including phenoxy) is 1. The summed E-state index contributed by atoms with van der Waals surface area (Å²) in [5.41, 5.74) is 5.80. The smallest absolute Gasteiger partial charge is 0.0611 e. The summed E-state index contributed by atoms with van der Waals surface area (Å²) in [7, 11) is 2.20. The Hall–Kier alpha value is -0.160. The molecule has 17 heavy (non-hydrogen) atoms. The molecular formula is C13H26N2O2. The molecule has 2 unspecified atom stereocenters. The van der Waals surface area contributed by atoms with E-state index in [4.69, 9.17) is 10.5 Å². The van der Waals surface area contributed by atoms with Gasteiger partial charge in [0.15, 0.2) is 0 Å². The Morgan fingerprint density at radius 2 is 2.06 bits per heavy atom. The van der Waals surface area contributed by atoms with Crippen LogP contribution in [0.1, 0.15) is 32.1 Å². The zero-order valence-electron chi connectivity index (χ0n) is 10.9. The number of nitrogens with zero attached hydrogens (tertiary/aromatic N) is 1. The number of hydrogen-bond donors (Lipinski definition) is 2. The summed E-state index contributed by atoms with van der Waals surface area (Å²) in [6.45, 7) is 3.10. The first-order valence-electron chi connectivity index (χ1n) is 6.81. The van der Waals surface area contributed by atoms with Gasteiger partial charge in [-0.25, -0.2) is 0 Å². The van der Waals surface area contributed by atoms with Crippen molar-refractivity contribution in [3.63, 3.8) is 0 Å². The molecule has 0 aromatic rings. The summed E-state index contributed by atoms with van der Waals surface area (Å²) in [6.07, 6.45) is 5.38. The number of rotatable bonds is 4. The average molecular weight is 242 g/mol. The molecule has 1 saturated heterocycles. The van der Waals surface area contributed by atoms with Crippen LogP contribution in [0.15, 0.2) is 0 Å². The lowest BCUT2D eigenvalue weighted by atomic mass is 9.98. The normalized spacial score (nSPS) is 35.6. The Morgan fingerprint density at radius 1 is 1.35 bits per heavy atom. The Balaban J connectivity index is 1.78. The van der Waals surface area contributed by atoms with Gasteiger partial charge in [-0.1, -0.05) is 0 Å². The molecule has 4 nitrogen and oxygen atoms in total. The van der Waals surface area contributed by atoms with Crippen LogP contribution in [0.4, 0.5) is 0 Å². The third kappa shape index (κ3) is 3.41. The van der Waals surface area contributed by atoms with E-state index in [2.05, 4.69) is 11.9 Å². The van der Waals surface area contributed by atoms with E-state index in [0.29, 0.717) is 6.04 Å². The number of nitrogens with two attached hydrogens (primary N) is 1. The minimum absolute atomic E-state index is 0.120. The number of hydrogen-bond acceptors (Lipinski definition) is 4. The molecule has 0 radical (unpaired) electrons. The zero-order valence-corrected chi connectivity index (χ0v) is 10.9. The first-order chi connectivity index (χ1) is 8.13. The quantitative estimate of drug-likeness (QED) is 0.757. The van der Waals surface area contributed by atoms with E-state index in [1.54, 1.807) is 0 Å². The topological polar surface area (TPSA) is 58.7 Å². The third-order valence-electron chi connectivity index (χ3n) is 4.44. The Kier molecular flexibility index (Phi) is 4.42. The minimum atomic E-state index is -0.325. The lowest BCUT2D eigenvalue weighted by Crippen LogP contribution is -2.43. The molecule has 3 N–H and O–H groups in total. The van der Waals surface area contributed by atoms with Crippen LogP contribution < -0.4 is 5.73 Å². The first-order valence-corrected chi connectivity index (χ1v) is 6.81. The molecule has 2 fully saturated rings. The first kappa shape index (κ1) is 13.3. The Morgan fingerprint density at radius 3 is 2.65 bits per heavy atom. The standard InChI is InChI=1S/C13H26N2O2/c1-15(9-11-3-6-17-7-4-11)12-2-5-13(14,8-12)10-16/h11-12,16H,2-10,14H2,1H3. The molecule has 2 rings (SSSR count). The molecule has 1 heterocycles. The molecule has 1 aliphatic carbocycles. The van der Waals surface area contributed by atoms with E-state index in [-0.39, 0.29) is 12.1 Å². The maximum atomic E-state index is 9.29. The highest BCUT2D eigenvalue weighted by Gasteiger charge is 2.37. The van der Waals surface area contributed by atoms with Gasteiger partial charge in [0.2, 0.25) is 0 Å². The second kappa shape index (κ2) is 5.65. The molecule has 0 bridgehead atoms. The molecule has 100 valence electrons. The van der Waals surface area contributed by atoms with Crippen LogP contribution in [0.3, 0.4) is 0 Å². The number of aliphatic hydroxyl groups excluding tert-OH is 1. The van der Waals surface area contributed by atoms with Crippen molar-refractivity contribution >= 4 is 0 Å². The van der Waals surface area contributed by atoms with Crippen molar-refractivity contribution in [1.29, 1.82) is 0 Å². The van der Waals surface area contributed by atoms with Gasteiger partial charge in [-0.3, -0.25) is 0 Å². The van der Waals surface area contributed by atoms with Gasteiger partial charge in [-0.2, -0.15) is 0 Å². The predicted octanol–water partition coefficient (Wildman–Crippen LogP) is 0.587. The lowest BCUT2D eigenvalue weighted by Gasteiger charge is -2.31. The van der Waals surface area contributed by atoms with Crippen molar-refractivity contribution in [2.45, 2.75) is 43.7 Å². The largest absolute Gasteiger partial charge is 0.394 e. The molecule has 2 aliphatic rings. The molecule has 4 heteroatoms. The molecule has 0 aromatic carbocycles. The van der Waals surface area contributed by atoms with Gasteiger partial charge in [0.05, 0.1) is 6.61 Å². The molecule has 1 aliphatic heterocycles. The van der Waals surface area contributed by atoms with Crippen molar-refractivity contribution in [2.24, 2.45) is 11.7 Å². The van der Waals surface area contributed by atoms with E-state index in [9.17, 15) is 5.11 Å². The zero-order chi connectivity index (χ0) is 12.3. The molecule has 1 saturated carbocycles. The second-order valence-electron chi connectivity index (χ2n) is 5.91. The Labute approximate surface area is 104 Å². The lowest BCUT2D eigenvalue weighted by molar-refractivity contribution is 0.0499. The van der Waals surface area contributed by atoms with Gasteiger partial charge in [0.25, 0.3) is 0 Å². The summed E-state index contributed by atoms with van der Waals surface area (Å²) in [5.74, 6) is 0.774. The van der Waals surface area contributed by atoms with E-state index in [0.717, 1.165) is 44.9 Å². The number of aliphatic hydroxyl groups is 1. The van der Waals surface area contributed by atoms with Crippen molar-refractivity contribution < 1.29 is 9.84 Å². The fourth-order valence-electron chi connectivity index (χ4n) is 3.13. The van der Waals surface area contributed by atoms with Crippen LogP contribution in [0, 0.1) is 5.92 Å². The van der Waals surface area contributed by atoms with Crippen LogP contribution >= 0.6 is 0 Å². The summed E-state index contributed by atoms with van der Waals surface area (Å²) in [6, 6.07) is 0.551. The minimum Gasteiger partial charge on any atom is -0.394 e. The van der Waals surface area contributed by atoms with Crippen LogP contribution in [0.5, 0.6) is 0 Å². The van der Waals surface area contributed by atoms with Crippen molar-refractivity contribution in [2.75, 3.05) is 33.4 Å². The molecule has 2 atom stereocenters. The summed E-state index contributed by atoms with van der Waals surface area (Å²) in [4.78, 5) is 2.44. The van der Waals surface area contributed by atoms with Crippen molar-refractivity contribution in [3.05, 3.63) is 0 Å². The highest BCUT2D eigenvalue weighted by atomic mass is 16.5. The SMILES string of the molecule is CN(CC1CCOCC1)C1CCC(N)(CO)C1. The highest BCUT2D eigenvalue weighted by molar-refractivity contribution is 4.96. The van der Waals surface area contributed by atoms with Gasteiger partial charge in [-0.05, 0) is 45.1 Å². The highest BCUT2D eigenvalue weighted by Crippen LogP contribution is 2.31. The van der Waals surface area contributed by atoms with E-state index < -0.39 is 0 Å². The van der Waals surface area contributed by atoms with Gasteiger partial charge in [-0.15, -0.1) is 0 Å². The van der Waals surface area contributed by atoms with Gasteiger partial charge >= 0.3 is 0 Å². The summed E-state index contributed by atoms with van der Waals surface area (Å²) >= 11 is 0. The summed E-state index contributed by atoms with van der Waals surface area (Å²) in [5, 5.41) is 9.29. The van der Waals surface area contributed by atoms with Crippen LogP contribution in [0.2, 0.25) is 0 Å².